The molecule has 15 nitrogen and oxygen atoms in total. The van der Waals surface area contributed by atoms with Gasteiger partial charge in [-0.3, -0.25) is 14.2 Å². The number of ether oxygens (including phenoxy) is 2. The number of methoxy groups -OCH3 is 1. The highest BCUT2D eigenvalue weighted by atomic mass is 16.5. The Bertz CT molecular complexity index is 2430. The van der Waals surface area contributed by atoms with Gasteiger partial charge in [0.05, 0.1) is 41.8 Å². The lowest BCUT2D eigenvalue weighted by atomic mass is 10.2. The van der Waals surface area contributed by atoms with Crippen LogP contribution in [-0.4, -0.2) is 74.3 Å². The molecule has 1 unspecified atom stereocenters. The molecule has 1 amide bonds. The molecule has 0 radical (unpaired) electrons. The van der Waals surface area contributed by atoms with E-state index < -0.39 is 6.23 Å². The average molecular weight is 725 g/mol. The zero-order valence-electron chi connectivity index (χ0n) is 31.4. The summed E-state index contributed by atoms with van der Waals surface area (Å²) in [6.45, 7) is 9.89. The molecule has 2 aromatic carbocycles. The van der Waals surface area contributed by atoms with Crippen LogP contribution in [0.15, 0.2) is 70.7 Å². The largest absolute Gasteiger partial charge is 0.494 e. The summed E-state index contributed by atoms with van der Waals surface area (Å²) in [5.74, 6) is 0.902. The van der Waals surface area contributed by atoms with Crippen molar-refractivity contribution < 1.29 is 24.5 Å². The molecule has 0 saturated heterocycles. The Labute approximate surface area is 307 Å². The number of para-hydroxylation sites is 2. The minimum absolute atomic E-state index is 0.0170. The number of hydrogen-bond acceptors (Lipinski definition) is 8. The maximum atomic E-state index is 13.6. The van der Waals surface area contributed by atoms with Crippen LogP contribution < -0.4 is 20.7 Å². The number of aliphatic hydroxyl groups excluding tert-OH is 2. The first-order valence-electron chi connectivity index (χ1n) is 17.8. The van der Waals surface area contributed by atoms with Crippen molar-refractivity contribution in [2.45, 2.75) is 66.5 Å². The highest BCUT2D eigenvalue weighted by molar-refractivity contribution is 5.93. The fraction of sp³-hybridized carbons (Fsp3) is 0.395. The Kier molecular flexibility index (Phi) is 11.1. The van der Waals surface area contributed by atoms with Crippen molar-refractivity contribution in [2.75, 3.05) is 20.3 Å². The summed E-state index contributed by atoms with van der Waals surface area (Å²) in [5.41, 5.74) is 6.86. The normalized spacial score (nSPS) is 13.3. The Balaban J connectivity index is 1.45. The number of amides is 1. The summed E-state index contributed by atoms with van der Waals surface area (Å²) in [6, 6.07) is 15.2. The Hall–Kier alpha value is -5.67. The van der Waals surface area contributed by atoms with Crippen molar-refractivity contribution in [3.63, 3.8) is 0 Å². The molecular weight excluding hydrogens is 676 g/mol. The third-order valence-electron chi connectivity index (χ3n) is 9.18. The summed E-state index contributed by atoms with van der Waals surface area (Å²) in [6.07, 6.45) is 3.34. The van der Waals surface area contributed by atoms with E-state index in [0.717, 1.165) is 33.5 Å². The van der Waals surface area contributed by atoms with E-state index in [2.05, 4.69) is 15.2 Å². The Morgan fingerprint density at radius 3 is 2.09 bits per heavy atom. The SMILES string of the molecule is CCn1nc(C)cc1C(=O)/N=c1\n(C)c2cccc(OC)c2n1C/C=C/Cn1/c(=N/C(O)c2cc(C)nn2CC)n(C)c2cccc(OCCCO)c21. The van der Waals surface area contributed by atoms with Gasteiger partial charge in [-0.15, -0.1) is 0 Å². The van der Waals surface area contributed by atoms with Gasteiger partial charge in [0.25, 0.3) is 5.91 Å². The molecule has 53 heavy (non-hydrogen) atoms. The van der Waals surface area contributed by atoms with E-state index in [1.54, 1.807) is 22.5 Å². The Morgan fingerprint density at radius 1 is 0.868 bits per heavy atom. The summed E-state index contributed by atoms with van der Waals surface area (Å²) in [4.78, 5) is 23.1. The molecule has 2 N–H and O–H groups in total. The number of carbonyl (C=O) groups excluding carboxylic acids is 1. The van der Waals surface area contributed by atoms with Crippen molar-refractivity contribution in [3.8, 4) is 11.5 Å². The molecule has 0 spiro atoms. The number of aryl methyl sites for hydroxylation is 6. The van der Waals surface area contributed by atoms with E-state index in [1.165, 1.54) is 0 Å². The second-order valence-corrected chi connectivity index (χ2v) is 12.7. The van der Waals surface area contributed by atoms with Crippen molar-refractivity contribution in [1.29, 1.82) is 0 Å². The van der Waals surface area contributed by atoms with Gasteiger partial charge in [0.1, 0.15) is 28.2 Å². The molecule has 0 aliphatic carbocycles. The Morgan fingerprint density at radius 2 is 1.45 bits per heavy atom. The number of rotatable bonds is 14. The second-order valence-electron chi connectivity index (χ2n) is 12.7. The van der Waals surface area contributed by atoms with E-state index in [4.69, 9.17) is 14.5 Å². The zero-order chi connectivity index (χ0) is 37.8. The van der Waals surface area contributed by atoms with Crippen molar-refractivity contribution in [2.24, 2.45) is 24.1 Å². The van der Waals surface area contributed by atoms with Gasteiger partial charge < -0.3 is 38.0 Å². The minimum atomic E-state index is -1.17. The molecule has 1 atom stereocenters. The molecule has 6 rings (SSSR count). The predicted octanol–water partition coefficient (Wildman–Crippen LogP) is 3.68. The molecule has 15 heteroatoms. The van der Waals surface area contributed by atoms with Crippen LogP contribution >= 0.6 is 0 Å². The highest BCUT2D eigenvalue weighted by Gasteiger charge is 2.19. The summed E-state index contributed by atoms with van der Waals surface area (Å²) in [7, 11) is 5.41. The van der Waals surface area contributed by atoms with E-state index in [1.807, 2.05) is 115 Å². The van der Waals surface area contributed by atoms with Crippen LogP contribution in [0.2, 0.25) is 0 Å². The molecule has 0 bridgehead atoms. The molecule has 4 aromatic heterocycles. The number of imidazole rings is 2. The number of benzene rings is 2. The maximum Gasteiger partial charge on any atom is 0.298 e. The number of aliphatic hydroxyl groups is 2. The summed E-state index contributed by atoms with van der Waals surface area (Å²) < 4.78 is 23.1. The third-order valence-corrected chi connectivity index (χ3v) is 9.18. The van der Waals surface area contributed by atoms with Gasteiger partial charge in [-0.1, -0.05) is 24.3 Å². The fourth-order valence-corrected chi connectivity index (χ4v) is 6.72. The van der Waals surface area contributed by atoms with E-state index >= 15 is 0 Å². The van der Waals surface area contributed by atoms with E-state index in [0.29, 0.717) is 73.3 Å². The lowest BCUT2D eigenvalue weighted by Crippen LogP contribution is -2.27. The topological polar surface area (TPSA) is 156 Å². The van der Waals surface area contributed by atoms with Crippen LogP contribution in [0.1, 0.15) is 54.1 Å². The molecule has 6 aromatic rings. The van der Waals surface area contributed by atoms with Crippen molar-refractivity contribution in [3.05, 3.63) is 94.7 Å². The number of aromatic nitrogens is 8. The number of hydrogen-bond donors (Lipinski definition) is 2. The smallest absolute Gasteiger partial charge is 0.298 e. The predicted molar refractivity (Wildman–Crippen MR) is 200 cm³/mol. The highest BCUT2D eigenvalue weighted by Crippen LogP contribution is 2.27. The van der Waals surface area contributed by atoms with Gasteiger partial charge in [0.15, 0.2) is 6.23 Å². The number of fused-ring (bicyclic) bond motifs is 2. The molecule has 4 heterocycles. The van der Waals surface area contributed by atoms with Gasteiger partial charge in [-0.25, -0.2) is 4.99 Å². The van der Waals surface area contributed by atoms with E-state index in [-0.39, 0.29) is 12.5 Å². The lowest BCUT2D eigenvalue weighted by Gasteiger charge is -2.10. The third kappa shape index (κ3) is 7.22. The fourth-order valence-electron chi connectivity index (χ4n) is 6.72. The summed E-state index contributed by atoms with van der Waals surface area (Å²) >= 11 is 0. The van der Waals surface area contributed by atoms with Crippen LogP contribution in [0.4, 0.5) is 0 Å². The first-order chi connectivity index (χ1) is 25.6. The van der Waals surface area contributed by atoms with Crippen LogP contribution in [0.3, 0.4) is 0 Å². The van der Waals surface area contributed by atoms with Crippen molar-refractivity contribution in [1.82, 2.24) is 37.8 Å². The zero-order valence-corrected chi connectivity index (χ0v) is 31.4. The molecular formula is C38H48N10O5. The first-order valence-corrected chi connectivity index (χ1v) is 17.8. The quantitative estimate of drug-likeness (QED) is 0.128. The number of allylic oxidation sites excluding steroid dienone is 2. The van der Waals surface area contributed by atoms with Crippen LogP contribution in [0.25, 0.3) is 22.1 Å². The first kappa shape index (κ1) is 37.1. The number of nitrogens with zero attached hydrogens (tertiary/aromatic N) is 10. The van der Waals surface area contributed by atoms with E-state index in [9.17, 15) is 15.0 Å². The standard InChI is InChI=1S/C38H48N10O5/c1-8-47-29(23-25(3)41-47)35(50)39-37-43(5)27-15-12-17-31(52-7)33(27)45(37)19-10-11-20-46-34-28(16-13-18-32(34)53-22-14-21-49)44(6)38(46)40-36(51)30-24-26(4)42-48(30)9-2/h10-13,15-18,23-24,36,49,51H,8-9,14,19-22H2,1-7H3/b11-10+,39-37+,40-38+. The molecule has 0 saturated carbocycles. The molecule has 0 aliphatic rings. The molecule has 0 aliphatic heterocycles. The summed E-state index contributed by atoms with van der Waals surface area (Å²) in [5, 5.41) is 29.8. The van der Waals surface area contributed by atoms with Gasteiger partial charge in [0, 0.05) is 53.3 Å². The van der Waals surface area contributed by atoms with Gasteiger partial charge in [-0.05, 0) is 64.1 Å². The van der Waals surface area contributed by atoms with Crippen LogP contribution in [0.5, 0.6) is 11.5 Å². The molecule has 280 valence electrons. The molecule has 0 fully saturated rings. The van der Waals surface area contributed by atoms with Gasteiger partial charge in [-0.2, -0.15) is 15.2 Å². The monoisotopic (exact) mass is 724 g/mol. The van der Waals surface area contributed by atoms with Crippen LogP contribution in [0, 0.1) is 13.8 Å². The van der Waals surface area contributed by atoms with Crippen molar-refractivity contribution >= 4 is 28.0 Å². The van der Waals surface area contributed by atoms with Gasteiger partial charge >= 0.3 is 0 Å². The minimum Gasteiger partial charge on any atom is -0.494 e. The lowest BCUT2D eigenvalue weighted by molar-refractivity contribution is 0.0985. The maximum absolute atomic E-state index is 13.6. The van der Waals surface area contributed by atoms with Crippen LogP contribution in [-0.2, 0) is 40.3 Å². The van der Waals surface area contributed by atoms with Gasteiger partial charge in [0.2, 0.25) is 11.2 Å². The average Bonchev–Trinajstić information content (AvgIpc) is 3.88. The second kappa shape index (κ2) is 15.9. The number of carbonyl (C=O) groups is 1.